The molecule has 0 bridgehead atoms. The molecule has 0 radical (unpaired) electrons. The van der Waals surface area contributed by atoms with Gasteiger partial charge in [0.25, 0.3) is 0 Å². The van der Waals surface area contributed by atoms with Crippen molar-refractivity contribution in [1.82, 2.24) is 0 Å². The molecule has 14 rings (SSSR count). The molecule has 4 heterocycles. The van der Waals surface area contributed by atoms with Crippen molar-refractivity contribution in [3.05, 3.63) is 180 Å². The number of hydrogen-bond donors (Lipinski definition) is 0. The van der Waals surface area contributed by atoms with Crippen LogP contribution in [-0.2, 0) is 0 Å². The molecule has 0 amide bonds. The molecule has 0 N–H and O–H groups in total. The van der Waals surface area contributed by atoms with Crippen LogP contribution in [0, 0.1) is 36.5 Å². The minimum absolute atomic E-state index is 0.0344. The molecule has 0 saturated carbocycles. The third kappa shape index (κ3) is 4.07. The first-order chi connectivity index (χ1) is 30.5. The fourth-order valence-corrected chi connectivity index (χ4v) is 12.1. The van der Waals surface area contributed by atoms with E-state index in [2.05, 4.69) is 194 Å². The molecule has 4 aliphatic heterocycles. The number of fused-ring (bicyclic) bond motifs is 8. The highest BCUT2D eigenvalue weighted by atomic mass is 15.2. The predicted molar refractivity (Wildman–Crippen MR) is 259 cm³/mol. The van der Waals surface area contributed by atoms with Crippen LogP contribution >= 0.6 is 0 Å². The zero-order valence-corrected chi connectivity index (χ0v) is 34.0. The van der Waals surface area contributed by atoms with Gasteiger partial charge in [0.05, 0.1) is 23.3 Å². The van der Waals surface area contributed by atoms with Crippen molar-refractivity contribution in [3.63, 3.8) is 0 Å². The predicted octanol–water partition coefficient (Wildman–Crippen LogP) is 9.50. The topological polar surface area (TPSA) is 54.1 Å². The molecule has 0 aromatic heterocycles. The zero-order valence-electron chi connectivity index (χ0n) is 34.0. The van der Waals surface area contributed by atoms with Crippen LogP contribution in [0.1, 0.15) is 22.3 Å². The van der Waals surface area contributed by atoms with Crippen LogP contribution < -0.4 is 42.6 Å². The largest absolute Gasteiger partial charge is 0.311 e. The molecule has 0 unspecified atom stereocenters. The quantitative estimate of drug-likeness (QED) is 0.130. The first-order valence-electron chi connectivity index (χ1n) is 21.4. The minimum atomic E-state index is -0.0344. The van der Waals surface area contributed by atoms with E-state index in [4.69, 9.17) is 0 Å². The summed E-state index contributed by atoms with van der Waals surface area (Å²) in [6, 6.07) is 62.3. The van der Waals surface area contributed by atoms with Gasteiger partial charge in [0, 0.05) is 34.1 Å². The van der Waals surface area contributed by atoms with E-state index in [-0.39, 0.29) is 13.4 Å². The Hall–Kier alpha value is -8.05. The molecular formula is C56H32B2N4. The summed E-state index contributed by atoms with van der Waals surface area (Å²) < 4.78 is 0. The van der Waals surface area contributed by atoms with E-state index in [0.29, 0.717) is 11.1 Å². The Morgan fingerprint density at radius 1 is 0.387 bits per heavy atom. The normalized spacial score (nSPS) is 13.5. The van der Waals surface area contributed by atoms with Gasteiger partial charge in [-0.3, -0.25) is 0 Å². The lowest BCUT2D eigenvalue weighted by atomic mass is 9.31. The van der Waals surface area contributed by atoms with Gasteiger partial charge >= 0.3 is 0 Å². The van der Waals surface area contributed by atoms with Gasteiger partial charge in [0.1, 0.15) is 0 Å². The monoisotopic (exact) mass is 782 g/mol. The molecule has 4 nitrogen and oxygen atoms in total. The van der Waals surface area contributed by atoms with Gasteiger partial charge in [0.2, 0.25) is 13.4 Å². The number of para-hydroxylation sites is 4. The summed E-state index contributed by atoms with van der Waals surface area (Å²) in [5.74, 6) is 0. The SMILES string of the molecule is Cc1cc2c3c(cc4c(C)cc5c6c(cc1c3c46)B1c3ccccc3N(c3ccccc3)c3cc(C#N)cc-5c31)B1c3ccccc3N(c3ccccc3)c3cc(C#N)cc-2c31. The van der Waals surface area contributed by atoms with Crippen molar-refractivity contribution in [1.29, 1.82) is 10.5 Å². The van der Waals surface area contributed by atoms with E-state index in [0.717, 1.165) is 45.3 Å². The Morgan fingerprint density at radius 2 is 0.790 bits per heavy atom. The van der Waals surface area contributed by atoms with Crippen LogP contribution in [-0.4, -0.2) is 13.4 Å². The van der Waals surface area contributed by atoms with Crippen LogP contribution in [0.2, 0.25) is 0 Å². The number of benzene rings is 10. The first-order valence-corrected chi connectivity index (χ1v) is 21.4. The average molecular weight is 783 g/mol. The number of aryl methyl sites for hydroxylation is 2. The highest BCUT2D eigenvalue weighted by Gasteiger charge is 2.45. The van der Waals surface area contributed by atoms with E-state index in [1.807, 2.05) is 0 Å². The smallest absolute Gasteiger partial charge is 0.248 e. The van der Waals surface area contributed by atoms with Crippen molar-refractivity contribution in [2.24, 2.45) is 0 Å². The van der Waals surface area contributed by atoms with E-state index >= 15 is 0 Å². The summed E-state index contributed by atoms with van der Waals surface area (Å²) in [5.41, 5.74) is 22.6. The number of rotatable bonds is 2. The third-order valence-electron chi connectivity index (χ3n) is 14.4. The molecule has 0 fully saturated rings. The van der Waals surface area contributed by atoms with Crippen molar-refractivity contribution in [2.75, 3.05) is 9.80 Å². The Balaban J connectivity index is 1.14. The molecule has 62 heavy (non-hydrogen) atoms. The Labute approximate surface area is 359 Å². The fourth-order valence-electron chi connectivity index (χ4n) is 12.1. The third-order valence-corrected chi connectivity index (χ3v) is 14.4. The number of nitrogens with zero attached hydrogens (tertiary/aromatic N) is 4. The maximum Gasteiger partial charge on any atom is 0.248 e. The van der Waals surface area contributed by atoms with Crippen molar-refractivity contribution in [3.8, 4) is 34.4 Å². The van der Waals surface area contributed by atoms with Crippen LogP contribution in [0.3, 0.4) is 0 Å². The van der Waals surface area contributed by atoms with Crippen LogP contribution in [0.25, 0.3) is 54.6 Å². The van der Waals surface area contributed by atoms with Crippen molar-refractivity contribution < 1.29 is 0 Å². The van der Waals surface area contributed by atoms with E-state index in [1.165, 1.54) is 87.3 Å². The maximum atomic E-state index is 10.6. The number of hydrogen-bond acceptors (Lipinski definition) is 4. The molecular weight excluding hydrogens is 750 g/mol. The minimum Gasteiger partial charge on any atom is -0.311 e. The van der Waals surface area contributed by atoms with Gasteiger partial charge in [-0.25, -0.2) is 0 Å². The highest BCUT2D eigenvalue weighted by molar-refractivity contribution is 7.02. The highest BCUT2D eigenvalue weighted by Crippen LogP contribution is 2.50. The second-order valence-electron chi connectivity index (χ2n) is 17.5. The van der Waals surface area contributed by atoms with Crippen LogP contribution in [0.5, 0.6) is 0 Å². The molecule has 0 spiro atoms. The number of nitriles is 2. The molecule has 282 valence electrons. The lowest BCUT2D eigenvalue weighted by molar-refractivity contribution is 1.29. The Kier molecular flexibility index (Phi) is 6.43. The van der Waals surface area contributed by atoms with Crippen molar-refractivity contribution >= 4 is 113 Å². The molecule has 0 atom stereocenters. The van der Waals surface area contributed by atoms with Gasteiger partial charge < -0.3 is 9.80 Å². The van der Waals surface area contributed by atoms with Gasteiger partial charge in [0.15, 0.2) is 0 Å². The van der Waals surface area contributed by atoms with E-state index < -0.39 is 0 Å². The van der Waals surface area contributed by atoms with Crippen molar-refractivity contribution in [2.45, 2.75) is 13.8 Å². The van der Waals surface area contributed by atoms with E-state index in [9.17, 15) is 10.5 Å². The number of anilines is 6. The summed E-state index contributed by atoms with van der Waals surface area (Å²) in [7, 11) is 0. The lowest BCUT2D eigenvalue weighted by Crippen LogP contribution is -2.60. The zero-order chi connectivity index (χ0) is 41.1. The van der Waals surface area contributed by atoms with Gasteiger partial charge in [-0.2, -0.15) is 10.5 Å². The summed E-state index contributed by atoms with van der Waals surface area (Å²) in [6.07, 6.45) is 0. The summed E-state index contributed by atoms with van der Waals surface area (Å²) in [5, 5.41) is 29.0. The Bertz CT molecular complexity index is 3520. The van der Waals surface area contributed by atoms with Crippen LogP contribution in [0.4, 0.5) is 34.1 Å². The van der Waals surface area contributed by atoms with Crippen LogP contribution in [0.15, 0.2) is 158 Å². The van der Waals surface area contributed by atoms with Gasteiger partial charge in [-0.1, -0.05) is 108 Å². The second-order valence-corrected chi connectivity index (χ2v) is 17.5. The first kappa shape index (κ1) is 33.7. The molecule has 0 aliphatic carbocycles. The molecule has 4 aliphatic rings. The molecule has 10 aromatic carbocycles. The summed E-state index contributed by atoms with van der Waals surface area (Å²) in [6.45, 7) is 4.48. The molecule has 10 aromatic rings. The maximum absolute atomic E-state index is 10.6. The second kappa shape index (κ2) is 11.8. The molecule has 6 heteroatoms. The standard InChI is InChI=1S/C56H32B2N4/c1-31-21-39-41-23-33(29-59)25-49-55(41)58(44-18-10-12-20-48(44)61(49)35-13-5-3-6-14-35)46-28-38-32(2)22-40-42-24-34(30-60)26-50-56(42)57(45-27-37(31)53(51(39)46)54(38)52(40)45)43-17-9-11-19-47(43)62(50)36-15-7-4-8-16-36/h3-28H,1-2H3. The molecule has 0 saturated heterocycles. The van der Waals surface area contributed by atoms with Gasteiger partial charge in [-0.05, 0) is 162 Å². The van der Waals surface area contributed by atoms with E-state index in [1.54, 1.807) is 0 Å². The summed E-state index contributed by atoms with van der Waals surface area (Å²) in [4.78, 5) is 4.72. The Morgan fingerprint density at radius 3 is 1.21 bits per heavy atom. The average Bonchev–Trinajstić information content (AvgIpc) is 3.32. The summed E-state index contributed by atoms with van der Waals surface area (Å²) >= 11 is 0. The fraction of sp³-hybridized carbons (Fsp3) is 0.0357. The lowest BCUT2D eigenvalue weighted by Gasteiger charge is -2.42. The van der Waals surface area contributed by atoms with Gasteiger partial charge in [-0.15, -0.1) is 0 Å².